The molecule has 1 saturated heterocycles. The Balaban J connectivity index is 1.26. The molecule has 1 aliphatic carbocycles. The number of nitrogens with zero attached hydrogens (tertiary/aromatic N) is 2. The van der Waals surface area contributed by atoms with E-state index in [4.69, 9.17) is 5.73 Å². The molecule has 0 radical (unpaired) electrons. The number of rotatable bonds is 4. The molecule has 1 aromatic heterocycles. The van der Waals surface area contributed by atoms with Crippen LogP contribution in [0.1, 0.15) is 47.3 Å². The number of nitrogen functional groups attached to an aromatic ring is 1. The number of hydrogen-bond acceptors (Lipinski definition) is 4. The Morgan fingerprint density at radius 2 is 1.84 bits per heavy atom. The first-order chi connectivity index (χ1) is 15.6. The lowest BCUT2D eigenvalue weighted by Crippen LogP contribution is -2.33. The van der Waals surface area contributed by atoms with Gasteiger partial charge in [0, 0.05) is 6.54 Å². The SMILES string of the molecule is Nc1c2c(nc3cccc(F)c13)CCC(=CCC1CCN(Cc3ccccc3)CC1)C2=O. The Morgan fingerprint density at radius 1 is 1.06 bits per heavy atom. The van der Waals surface area contributed by atoms with Crippen molar-refractivity contribution in [3.05, 3.63) is 82.8 Å². The number of hydrogen-bond donors (Lipinski definition) is 1. The summed E-state index contributed by atoms with van der Waals surface area (Å²) in [4.78, 5) is 20.2. The second-order valence-corrected chi connectivity index (χ2v) is 8.98. The van der Waals surface area contributed by atoms with Gasteiger partial charge in [0.15, 0.2) is 5.78 Å². The summed E-state index contributed by atoms with van der Waals surface area (Å²) in [6.45, 7) is 3.17. The highest BCUT2D eigenvalue weighted by Gasteiger charge is 2.28. The Bertz CT molecular complexity index is 1180. The molecule has 32 heavy (non-hydrogen) atoms. The number of ketones is 1. The molecule has 1 aliphatic heterocycles. The van der Waals surface area contributed by atoms with Crippen molar-refractivity contribution in [2.24, 2.45) is 5.92 Å². The van der Waals surface area contributed by atoms with Crippen molar-refractivity contribution >= 4 is 22.4 Å². The highest BCUT2D eigenvalue weighted by molar-refractivity contribution is 6.17. The van der Waals surface area contributed by atoms with E-state index in [9.17, 15) is 9.18 Å². The Morgan fingerprint density at radius 3 is 2.62 bits per heavy atom. The zero-order valence-corrected chi connectivity index (χ0v) is 18.2. The van der Waals surface area contributed by atoms with E-state index in [0.717, 1.165) is 44.5 Å². The standard InChI is InChI=1S/C27H28FN3O/c28-21-7-4-8-22-24(21)26(29)25-23(30-22)12-11-20(27(25)32)10-9-18-13-15-31(16-14-18)17-19-5-2-1-3-6-19/h1-8,10,18H,9,11-17H2,(H2,29,30). The quantitative estimate of drug-likeness (QED) is 0.571. The van der Waals surface area contributed by atoms with Gasteiger partial charge in [-0.1, -0.05) is 42.5 Å². The fourth-order valence-corrected chi connectivity index (χ4v) is 5.04. The molecule has 2 aromatic carbocycles. The fraction of sp³-hybridized carbons (Fsp3) is 0.333. The lowest BCUT2D eigenvalue weighted by Gasteiger charge is -2.31. The van der Waals surface area contributed by atoms with Crippen molar-refractivity contribution in [3.63, 3.8) is 0 Å². The van der Waals surface area contributed by atoms with Crippen molar-refractivity contribution in [3.8, 4) is 0 Å². The predicted molar refractivity (Wildman–Crippen MR) is 126 cm³/mol. The Kier molecular flexibility index (Phi) is 5.75. The van der Waals surface area contributed by atoms with Crippen LogP contribution in [0.2, 0.25) is 0 Å². The van der Waals surface area contributed by atoms with E-state index in [1.54, 1.807) is 12.1 Å². The number of piperidine rings is 1. The monoisotopic (exact) mass is 429 g/mol. The lowest BCUT2D eigenvalue weighted by atomic mass is 9.85. The second-order valence-electron chi connectivity index (χ2n) is 8.98. The molecular formula is C27H28FN3O. The van der Waals surface area contributed by atoms with Gasteiger partial charge in [-0.05, 0) is 74.4 Å². The van der Waals surface area contributed by atoms with Gasteiger partial charge >= 0.3 is 0 Å². The number of benzene rings is 2. The largest absolute Gasteiger partial charge is 0.397 e. The predicted octanol–water partition coefficient (Wildman–Crippen LogP) is 5.31. The van der Waals surface area contributed by atoms with Gasteiger partial charge in [-0.2, -0.15) is 0 Å². The molecular weight excluding hydrogens is 401 g/mol. The molecule has 164 valence electrons. The van der Waals surface area contributed by atoms with Crippen LogP contribution in [0.15, 0.2) is 60.2 Å². The lowest BCUT2D eigenvalue weighted by molar-refractivity contribution is 0.102. The highest BCUT2D eigenvalue weighted by atomic mass is 19.1. The van der Waals surface area contributed by atoms with Gasteiger partial charge in [0.05, 0.1) is 27.8 Å². The molecule has 1 fully saturated rings. The third-order valence-corrected chi connectivity index (χ3v) is 6.88. The van der Waals surface area contributed by atoms with Crippen LogP contribution in [-0.4, -0.2) is 28.8 Å². The van der Waals surface area contributed by atoms with Crippen molar-refractivity contribution in [2.75, 3.05) is 18.8 Å². The second kappa shape index (κ2) is 8.83. The summed E-state index contributed by atoms with van der Waals surface area (Å²) in [6, 6.07) is 15.3. The highest BCUT2D eigenvalue weighted by Crippen LogP contribution is 2.35. The van der Waals surface area contributed by atoms with Gasteiger partial charge in [-0.15, -0.1) is 0 Å². The van der Waals surface area contributed by atoms with Gasteiger partial charge in [0.2, 0.25) is 0 Å². The van der Waals surface area contributed by atoms with Crippen LogP contribution in [0.5, 0.6) is 0 Å². The fourth-order valence-electron chi connectivity index (χ4n) is 5.04. The minimum atomic E-state index is -0.429. The summed E-state index contributed by atoms with van der Waals surface area (Å²) in [5.74, 6) is 0.0811. The minimum Gasteiger partial charge on any atom is -0.397 e. The van der Waals surface area contributed by atoms with Crippen molar-refractivity contribution in [2.45, 2.75) is 38.6 Å². The third-order valence-electron chi connectivity index (χ3n) is 6.88. The molecule has 0 atom stereocenters. The number of aryl methyl sites for hydroxylation is 1. The topological polar surface area (TPSA) is 59.2 Å². The van der Waals surface area contributed by atoms with Crippen LogP contribution in [0, 0.1) is 11.7 Å². The zero-order valence-electron chi connectivity index (χ0n) is 18.2. The summed E-state index contributed by atoms with van der Waals surface area (Å²) in [7, 11) is 0. The molecule has 0 amide bonds. The number of anilines is 1. The Labute approximate surface area is 187 Å². The molecule has 2 heterocycles. The first-order valence-electron chi connectivity index (χ1n) is 11.5. The minimum absolute atomic E-state index is 0.0806. The number of aromatic nitrogens is 1. The first kappa shape index (κ1) is 20.8. The average Bonchev–Trinajstić information content (AvgIpc) is 2.80. The van der Waals surface area contributed by atoms with Crippen LogP contribution in [0.4, 0.5) is 10.1 Å². The van der Waals surface area contributed by atoms with E-state index in [-0.39, 0.29) is 16.9 Å². The number of halogens is 1. The smallest absolute Gasteiger partial charge is 0.192 e. The maximum absolute atomic E-state index is 14.4. The summed E-state index contributed by atoms with van der Waals surface area (Å²) in [6.07, 6.45) is 6.63. The van der Waals surface area contributed by atoms with E-state index in [0.29, 0.717) is 35.5 Å². The van der Waals surface area contributed by atoms with E-state index < -0.39 is 5.82 Å². The molecule has 3 aromatic rings. The maximum atomic E-state index is 14.4. The third kappa shape index (κ3) is 4.05. The number of carbonyl (C=O) groups excluding carboxylic acids is 1. The molecule has 0 bridgehead atoms. The summed E-state index contributed by atoms with van der Waals surface area (Å²) >= 11 is 0. The van der Waals surface area contributed by atoms with Crippen LogP contribution in [0.25, 0.3) is 10.9 Å². The van der Waals surface area contributed by atoms with E-state index in [2.05, 4.69) is 46.3 Å². The van der Waals surface area contributed by atoms with Gasteiger partial charge < -0.3 is 5.73 Å². The van der Waals surface area contributed by atoms with Crippen LogP contribution in [-0.2, 0) is 13.0 Å². The van der Waals surface area contributed by atoms with Crippen molar-refractivity contribution in [1.29, 1.82) is 0 Å². The number of carbonyl (C=O) groups is 1. The van der Waals surface area contributed by atoms with E-state index >= 15 is 0 Å². The number of allylic oxidation sites excluding steroid dienone is 2. The van der Waals surface area contributed by atoms with E-state index in [1.165, 1.54) is 11.6 Å². The van der Waals surface area contributed by atoms with Crippen LogP contribution < -0.4 is 5.73 Å². The van der Waals surface area contributed by atoms with E-state index in [1.807, 2.05) is 0 Å². The number of fused-ring (bicyclic) bond motifs is 2. The summed E-state index contributed by atoms with van der Waals surface area (Å²) in [5, 5.41) is 0.256. The zero-order chi connectivity index (χ0) is 22.1. The molecule has 4 nitrogen and oxygen atoms in total. The molecule has 0 unspecified atom stereocenters. The molecule has 5 heteroatoms. The molecule has 5 rings (SSSR count). The Hall–Kier alpha value is -3.05. The van der Waals surface area contributed by atoms with Gasteiger partial charge in [-0.25, -0.2) is 4.39 Å². The normalized spacial score (nSPS) is 18.9. The summed E-state index contributed by atoms with van der Waals surface area (Å²) in [5.41, 5.74) is 10.3. The molecule has 0 spiro atoms. The van der Waals surface area contributed by atoms with Crippen LogP contribution >= 0.6 is 0 Å². The summed E-state index contributed by atoms with van der Waals surface area (Å²) < 4.78 is 14.4. The number of Topliss-reactive ketones (excluding diaryl/α,β-unsaturated/α-hetero) is 1. The molecule has 2 N–H and O–H groups in total. The molecule has 0 saturated carbocycles. The first-order valence-corrected chi connectivity index (χ1v) is 11.5. The van der Waals surface area contributed by atoms with Gasteiger partial charge in [-0.3, -0.25) is 14.7 Å². The maximum Gasteiger partial charge on any atom is 0.192 e. The van der Waals surface area contributed by atoms with Gasteiger partial charge in [0.1, 0.15) is 5.82 Å². The van der Waals surface area contributed by atoms with Crippen molar-refractivity contribution < 1.29 is 9.18 Å². The number of pyridine rings is 1. The average molecular weight is 430 g/mol. The molecule has 2 aliphatic rings. The number of nitrogens with two attached hydrogens (primary N) is 1. The van der Waals surface area contributed by atoms with Crippen molar-refractivity contribution in [1.82, 2.24) is 9.88 Å². The number of likely N-dealkylation sites (tertiary alicyclic amines) is 1. The van der Waals surface area contributed by atoms with Gasteiger partial charge in [0.25, 0.3) is 0 Å². The van der Waals surface area contributed by atoms with Crippen LogP contribution in [0.3, 0.4) is 0 Å².